The molecule has 2 aliphatic heterocycles. The monoisotopic (exact) mass is 397 g/mol. The number of amides is 3. The van der Waals surface area contributed by atoms with Gasteiger partial charge >= 0.3 is 6.03 Å². The molecular formula is C20H35N3O5. The van der Waals surface area contributed by atoms with E-state index in [1.165, 1.54) is 0 Å². The van der Waals surface area contributed by atoms with Gasteiger partial charge in [-0.3, -0.25) is 9.59 Å². The summed E-state index contributed by atoms with van der Waals surface area (Å²) in [6.07, 6.45) is 1.68. The fourth-order valence-corrected chi connectivity index (χ4v) is 3.40. The maximum Gasteiger partial charge on any atom is 0.318 e. The topological polar surface area (TPSA) is 97.0 Å². The van der Waals surface area contributed by atoms with Crippen molar-refractivity contribution in [3.8, 4) is 0 Å². The van der Waals surface area contributed by atoms with Crippen molar-refractivity contribution < 1.29 is 23.9 Å². The molecule has 0 saturated carbocycles. The standard InChI is InChI=1S/C20H35N3O5/c1-5-17-18(16(24)12-28-17)22-19(25)15(7-6-14(4)13(2)3)21-20(26)23-8-10-27-11-9-23/h13-15,17-18H,5-12H2,1-4H3,(H,21,26)(H,22,25). The second-order valence-electron chi connectivity index (χ2n) is 8.11. The minimum Gasteiger partial charge on any atom is -0.378 e. The van der Waals surface area contributed by atoms with Gasteiger partial charge in [-0.05, 0) is 31.1 Å². The lowest BCUT2D eigenvalue weighted by molar-refractivity contribution is -0.127. The Kier molecular flexibility index (Phi) is 8.69. The number of nitrogens with one attached hydrogen (secondary N) is 2. The first kappa shape index (κ1) is 22.6. The van der Waals surface area contributed by atoms with Crippen molar-refractivity contribution in [2.75, 3.05) is 32.9 Å². The molecule has 4 unspecified atom stereocenters. The number of nitrogens with zero attached hydrogens (tertiary/aromatic N) is 1. The molecule has 2 heterocycles. The first-order chi connectivity index (χ1) is 13.3. The maximum atomic E-state index is 12.9. The van der Waals surface area contributed by atoms with E-state index in [1.807, 2.05) is 6.92 Å². The molecule has 2 saturated heterocycles. The van der Waals surface area contributed by atoms with E-state index >= 15 is 0 Å². The number of morpholine rings is 1. The van der Waals surface area contributed by atoms with Gasteiger partial charge in [0.15, 0.2) is 5.78 Å². The molecule has 2 aliphatic rings. The summed E-state index contributed by atoms with van der Waals surface area (Å²) in [4.78, 5) is 39.3. The summed E-state index contributed by atoms with van der Waals surface area (Å²) >= 11 is 0. The minimum atomic E-state index is -0.678. The van der Waals surface area contributed by atoms with Crippen LogP contribution in [-0.2, 0) is 19.1 Å². The Morgan fingerprint density at radius 1 is 1.18 bits per heavy atom. The molecular weight excluding hydrogens is 362 g/mol. The highest BCUT2D eigenvalue weighted by Crippen LogP contribution is 2.18. The summed E-state index contributed by atoms with van der Waals surface area (Å²) in [6, 6.07) is -1.58. The third-order valence-corrected chi connectivity index (χ3v) is 5.82. The van der Waals surface area contributed by atoms with Crippen molar-refractivity contribution in [3.63, 3.8) is 0 Å². The van der Waals surface area contributed by atoms with E-state index < -0.39 is 12.1 Å². The molecule has 28 heavy (non-hydrogen) atoms. The average molecular weight is 398 g/mol. The highest BCUT2D eigenvalue weighted by atomic mass is 16.5. The van der Waals surface area contributed by atoms with Gasteiger partial charge < -0.3 is 25.0 Å². The van der Waals surface area contributed by atoms with Gasteiger partial charge in [-0.2, -0.15) is 0 Å². The van der Waals surface area contributed by atoms with Gasteiger partial charge in [0.2, 0.25) is 5.91 Å². The Labute approximate surface area is 167 Å². The van der Waals surface area contributed by atoms with Gasteiger partial charge in [-0.1, -0.05) is 27.7 Å². The van der Waals surface area contributed by atoms with Gasteiger partial charge in [0, 0.05) is 13.1 Å². The quantitative estimate of drug-likeness (QED) is 0.644. The van der Waals surface area contributed by atoms with Gasteiger partial charge in [0.05, 0.1) is 19.3 Å². The van der Waals surface area contributed by atoms with Crippen molar-refractivity contribution in [2.24, 2.45) is 11.8 Å². The molecule has 2 rings (SSSR count). The van der Waals surface area contributed by atoms with Gasteiger partial charge in [0.1, 0.15) is 18.7 Å². The van der Waals surface area contributed by atoms with Crippen LogP contribution in [0, 0.1) is 11.8 Å². The molecule has 8 heteroatoms. The molecule has 0 aromatic carbocycles. The van der Waals surface area contributed by atoms with Crippen LogP contribution in [0.15, 0.2) is 0 Å². The molecule has 8 nitrogen and oxygen atoms in total. The summed E-state index contributed by atoms with van der Waals surface area (Å²) in [6.45, 7) is 10.4. The SMILES string of the molecule is CCC1OCC(=O)C1NC(=O)C(CCC(C)C(C)C)NC(=O)N1CCOCC1. The van der Waals surface area contributed by atoms with Crippen LogP contribution in [0.4, 0.5) is 4.79 Å². The Balaban J connectivity index is 2.01. The predicted molar refractivity (Wildman–Crippen MR) is 105 cm³/mol. The van der Waals surface area contributed by atoms with Crippen LogP contribution < -0.4 is 10.6 Å². The average Bonchev–Trinajstić information content (AvgIpc) is 3.04. The van der Waals surface area contributed by atoms with Crippen LogP contribution in [0.2, 0.25) is 0 Å². The van der Waals surface area contributed by atoms with E-state index in [0.29, 0.717) is 51.0 Å². The number of urea groups is 1. The second kappa shape index (κ2) is 10.8. The fourth-order valence-electron chi connectivity index (χ4n) is 3.40. The zero-order chi connectivity index (χ0) is 20.7. The molecule has 0 radical (unpaired) electrons. The van der Waals surface area contributed by atoms with E-state index in [0.717, 1.165) is 6.42 Å². The summed E-state index contributed by atoms with van der Waals surface area (Å²) in [7, 11) is 0. The molecule has 0 aromatic heterocycles. The van der Waals surface area contributed by atoms with Crippen molar-refractivity contribution >= 4 is 17.7 Å². The number of ether oxygens (including phenoxy) is 2. The predicted octanol–water partition coefficient (Wildman–Crippen LogP) is 1.33. The third-order valence-electron chi connectivity index (χ3n) is 5.82. The smallest absolute Gasteiger partial charge is 0.318 e. The van der Waals surface area contributed by atoms with Crippen LogP contribution in [-0.4, -0.2) is 73.7 Å². The van der Waals surface area contributed by atoms with Crippen LogP contribution in [0.1, 0.15) is 47.0 Å². The van der Waals surface area contributed by atoms with E-state index in [-0.39, 0.29) is 30.4 Å². The number of carbonyl (C=O) groups is 3. The molecule has 0 spiro atoms. The Bertz CT molecular complexity index is 548. The summed E-state index contributed by atoms with van der Waals surface area (Å²) < 4.78 is 10.7. The van der Waals surface area contributed by atoms with Crippen LogP contribution in [0.3, 0.4) is 0 Å². The lowest BCUT2D eigenvalue weighted by atomic mass is 9.91. The van der Waals surface area contributed by atoms with Crippen LogP contribution in [0.25, 0.3) is 0 Å². The largest absolute Gasteiger partial charge is 0.378 e. The zero-order valence-electron chi connectivity index (χ0n) is 17.5. The molecule has 4 atom stereocenters. The number of carbonyl (C=O) groups excluding carboxylic acids is 3. The van der Waals surface area contributed by atoms with E-state index in [4.69, 9.17) is 9.47 Å². The lowest BCUT2D eigenvalue weighted by Gasteiger charge is -2.30. The molecule has 0 aliphatic carbocycles. The first-order valence-electron chi connectivity index (χ1n) is 10.4. The molecule has 2 fully saturated rings. The maximum absolute atomic E-state index is 12.9. The first-order valence-corrected chi connectivity index (χ1v) is 10.4. The number of hydrogen-bond donors (Lipinski definition) is 2. The highest BCUT2D eigenvalue weighted by Gasteiger charge is 2.37. The van der Waals surface area contributed by atoms with Gasteiger partial charge in [-0.15, -0.1) is 0 Å². The molecule has 3 amide bonds. The minimum absolute atomic E-state index is 0.0264. The second-order valence-corrected chi connectivity index (χ2v) is 8.11. The number of hydrogen-bond acceptors (Lipinski definition) is 5. The van der Waals surface area contributed by atoms with Crippen molar-refractivity contribution in [2.45, 2.75) is 65.1 Å². The van der Waals surface area contributed by atoms with Crippen LogP contribution in [0.5, 0.6) is 0 Å². The summed E-state index contributed by atoms with van der Waals surface area (Å²) in [5.41, 5.74) is 0. The molecule has 2 N–H and O–H groups in total. The van der Waals surface area contributed by atoms with Gasteiger partial charge in [-0.25, -0.2) is 4.79 Å². The van der Waals surface area contributed by atoms with E-state index in [1.54, 1.807) is 4.90 Å². The Morgan fingerprint density at radius 3 is 2.46 bits per heavy atom. The fraction of sp³-hybridized carbons (Fsp3) is 0.850. The summed E-state index contributed by atoms with van der Waals surface area (Å²) in [5.74, 6) is 0.484. The molecule has 160 valence electrons. The van der Waals surface area contributed by atoms with Crippen molar-refractivity contribution in [1.82, 2.24) is 15.5 Å². The van der Waals surface area contributed by atoms with Gasteiger partial charge in [0.25, 0.3) is 0 Å². The summed E-state index contributed by atoms with van der Waals surface area (Å²) in [5, 5.41) is 5.69. The third kappa shape index (κ3) is 6.17. The van der Waals surface area contributed by atoms with Crippen LogP contribution >= 0.6 is 0 Å². The zero-order valence-corrected chi connectivity index (χ0v) is 17.5. The Hall–Kier alpha value is -1.67. The lowest BCUT2D eigenvalue weighted by Crippen LogP contribution is -2.56. The van der Waals surface area contributed by atoms with Crippen molar-refractivity contribution in [3.05, 3.63) is 0 Å². The number of ketones is 1. The molecule has 0 bridgehead atoms. The number of Topliss-reactive ketones (excluding diaryl/α,β-unsaturated/α-hetero) is 1. The molecule has 0 aromatic rings. The van der Waals surface area contributed by atoms with E-state index in [2.05, 4.69) is 31.4 Å². The van der Waals surface area contributed by atoms with Crippen molar-refractivity contribution in [1.29, 1.82) is 0 Å². The van der Waals surface area contributed by atoms with E-state index in [9.17, 15) is 14.4 Å². The highest BCUT2D eigenvalue weighted by molar-refractivity contribution is 5.94. The Morgan fingerprint density at radius 2 is 1.86 bits per heavy atom. The normalized spacial score (nSPS) is 24.9. The number of rotatable bonds is 8.